The van der Waals surface area contributed by atoms with Crippen molar-refractivity contribution >= 4 is 35.4 Å². The average molecular weight is 386 g/mol. The highest BCUT2D eigenvalue weighted by atomic mass is 35.5. The van der Waals surface area contributed by atoms with Crippen LogP contribution in [0.4, 0.5) is 5.82 Å². The Hall–Kier alpha value is -2.86. The molecule has 6 nitrogen and oxygen atoms in total. The lowest BCUT2D eigenvalue weighted by molar-refractivity contribution is -0.131. The molecule has 0 spiro atoms. The molecule has 1 aromatic heterocycles. The van der Waals surface area contributed by atoms with Gasteiger partial charge in [0.05, 0.1) is 5.02 Å². The number of nitrogens with one attached hydrogen (secondary N) is 1. The first kappa shape index (κ1) is 18.9. The van der Waals surface area contributed by atoms with Crippen molar-refractivity contribution in [3.05, 3.63) is 64.8 Å². The monoisotopic (exact) mass is 385 g/mol. The molecule has 2 heterocycles. The summed E-state index contributed by atoms with van der Waals surface area (Å²) in [6.45, 7) is 1.34. The number of carboxylic acid groups (broad SMARTS) is 1. The van der Waals surface area contributed by atoms with E-state index in [1.54, 1.807) is 12.3 Å². The quantitative estimate of drug-likeness (QED) is 0.769. The van der Waals surface area contributed by atoms with Crippen LogP contribution in [-0.2, 0) is 4.79 Å². The van der Waals surface area contributed by atoms with Gasteiger partial charge >= 0.3 is 5.97 Å². The number of aliphatic carboxylic acids is 1. The number of likely N-dealkylation sites (tertiary alicyclic amines) is 1. The van der Waals surface area contributed by atoms with Crippen LogP contribution in [0.25, 0.3) is 6.08 Å². The molecule has 0 atom stereocenters. The molecular weight excluding hydrogens is 366 g/mol. The molecule has 1 aliphatic heterocycles. The van der Waals surface area contributed by atoms with E-state index in [-0.39, 0.29) is 11.9 Å². The van der Waals surface area contributed by atoms with E-state index < -0.39 is 5.97 Å². The highest BCUT2D eigenvalue weighted by Crippen LogP contribution is 2.24. The van der Waals surface area contributed by atoms with Crippen molar-refractivity contribution in [2.75, 3.05) is 18.4 Å². The van der Waals surface area contributed by atoms with E-state index in [0.717, 1.165) is 18.9 Å². The molecule has 1 fully saturated rings. The molecule has 0 aliphatic carbocycles. The lowest BCUT2D eigenvalue weighted by Gasteiger charge is -2.32. The fourth-order valence-corrected chi connectivity index (χ4v) is 3.23. The number of aromatic nitrogens is 1. The Morgan fingerprint density at radius 1 is 1.22 bits per heavy atom. The molecule has 2 N–H and O–H groups in total. The normalized spacial score (nSPS) is 15.1. The Bertz CT molecular complexity index is 847. The number of carboxylic acids is 1. The molecule has 0 radical (unpaired) electrons. The first-order chi connectivity index (χ1) is 13.0. The second-order valence-corrected chi connectivity index (χ2v) is 6.75. The van der Waals surface area contributed by atoms with Crippen molar-refractivity contribution in [3.63, 3.8) is 0 Å². The Balaban J connectivity index is 1.56. The van der Waals surface area contributed by atoms with Gasteiger partial charge in [-0.25, -0.2) is 9.78 Å². The largest absolute Gasteiger partial charge is 0.478 e. The summed E-state index contributed by atoms with van der Waals surface area (Å²) < 4.78 is 0. The SMILES string of the molecule is O=C(O)C=Cc1cnc(NC2CCN(C(=O)c3ccccc3)CC2)c(Cl)c1. The maximum Gasteiger partial charge on any atom is 0.328 e. The van der Waals surface area contributed by atoms with E-state index in [1.807, 2.05) is 35.2 Å². The van der Waals surface area contributed by atoms with Crippen molar-refractivity contribution in [2.45, 2.75) is 18.9 Å². The summed E-state index contributed by atoms with van der Waals surface area (Å²) in [4.78, 5) is 29.2. The summed E-state index contributed by atoms with van der Waals surface area (Å²) in [5.41, 5.74) is 1.33. The summed E-state index contributed by atoms with van der Waals surface area (Å²) in [5.74, 6) is -0.401. The molecule has 3 rings (SSSR count). The van der Waals surface area contributed by atoms with Crippen molar-refractivity contribution in [2.24, 2.45) is 0 Å². The van der Waals surface area contributed by atoms with Crippen LogP contribution in [0.3, 0.4) is 0 Å². The standard InChI is InChI=1S/C20H20ClN3O3/c21-17-12-14(6-7-18(25)26)13-22-19(17)23-16-8-10-24(11-9-16)20(27)15-4-2-1-3-5-15/h1-7,12-13,16H,8-11H2,(H,22,23)(H,25,26). The molecule has 0 bridgehead atoms. The molecule has 0 saturated carbocycles. The number of pyridine rings is 1. The number of piperidine rings is 1. The molecule has 1 aliphatic rings. The fourth-order valence-electron chi connectivity index (χ4n) is 3.00. The summed E-state index contributed by atoms with van der Waals surface area (Å²) >= 11 is 6.25. The third kappa shape index (κ3) is 5.08. The van der Waals surface area contributed by atoms with Gasteiger partial charge < -0.3 is 15.3 Å². The first-order valence-corrected chi connectivity index (χ1v) is 9.08. The van der Waals surface area contributed by atoms with Crippen LogP contribution in [0, 0.1) is 0 Å². The second-order valence-electron chi connectivity index (χ2n) is 6.35. The highest BCUT2D eigenvalue weighted by molar-refractivity contribution is 6.33. The van der Waals surface area contributed by atoms with Crippen LogP contribution < -0.4 is 5.32 Å². The lowest BCUT2D eigenvalue weighted by Crippen LogP contribution is -2.42. The van der Waals surface area contributed by atoms with Gasteiger partial charge in [-0.05, 0) is 42.7 Å². The number of carbonyl (C=O) groups is 2. The maximum absolute atomic E-state index is 12.5. The Labute approximate surface area is 162 Å². The summed E-state index contributed by atoms with van der Waals surface area (Å²) in [7, 11) is 0. The smallest absolute Gasteiger partial charge is 0.328 e. The van der Waals surface area contributed by atoms with E-state index in [0.29, 0.717) is 35.1 Å². The van der Waals surface area contributed by atoms with Gasteiger partial charge in [0.1, 0.15) is 5.82 Å². The van der Waals surface area contributed by atoms with Crippen molar-refractivity contribution in [3.8, 4) is 0 Å². The molecule has 27 heavy (non-hydrogen) atoms. The first-order valence-electron chi connectivity index (χ1n) is 8.70. The van der Waals surface area contributed by atoms with E-state index in [4.69, 9.17) is 16.7 Å². The maximum atomic E-state index is 12.5. The van der Waals surface area contributed by atoms with E-state index >= 15 is 0 Å². The van der Waals surface area contributed by atoms with Gasteiger partial charge in [-0.1, -0.05) is 29.8 Å². The average Bonchev–Trinajstić information content (AvgIpc) is 2.69. The zero-order chi connectivity index (χ0) is 19.2. The van der Waals surface area contributed by atoms with Gasteiger partial charge in [0.15, 0.2) is 0 Å². The number of halogens is 1. The van der Waals surface area contributed by atoms with Crippen molar-refractivity contribution in [1.29, 1.82) is 0 Å². The molecule has 1 amide bonds. The van der Waals surface area contributed by atoms with Crippen LogP contribution in [-0.4, -0.2) is 46.0 Å². The third-order valence-electron chi connectivity index (χ3n) is 4.42. The number of hydrogen-bond acceptors (Lipinski definition) is 4. The van der Waals surface area contributed by atoms with Gasteiger partial charge in [-0.3, -0.25) is 4.79 Å². The predicted octanol–water partition coefficient (Wildman–Crippen LogP) is 3.55. The van der Waals surface area contributed by atoms with Crippen LogP contribution in [0.15, 0.2) is 48.7 Å². The van der Waals surface area contributed by atoms with Crippen LogP contribution in [0.5, 0.6) is 0 Å². The summed E-state index contributed by atoms with van der Waals surface area (Å²) in [6, 6.07) is 11.1. The number of benzene rings is 1. The lowest BCUT2D eigenvalue weighted by atomic mass is 10.0. The third-order valence-corrected chi connectivity index (χ3v) is 4.71. The second kappa shape index (κ2) is 8.68. The van der Waals surface area contributed by atoms with E-state index in [9.17, 15) is 9.59 Å². The number of rotatable bonds is 5. The minimum Gasteiger partial charge on any atom is -0.478 e. The van der Waals surface area contributed by atoms with Crippen molar-refractivity contribution < 1.29 is 14.7 Å². The van der Waals surface area contributed by atoms with E-state index in [1.165, 1.54) is 6.08 Å². The van der Waals surface area contributed by atoms with Gasteiger partial charge in [0.2, 0.25) is 0 Å². The Morgan fingerprint density at radius 3 is 2.56 bits per heavy atom. The van der Waals surface area contributed by atoms with E-state index in [2.05, 4.69) is 10.3 Å². The molecular formula is C20H20ClN3O3. The zero-order valence-electron chi connectivity index (χ0n) is 14.6. The summed E-state index contributed by atoms with van der Waals surface area (Å²) in [6.07, 6.45) is 5.66. The number of anilines is 1. The van der Waals surface area contributed by atoms with Crippen LogP contribution >= 0.6 is 11.6 Å². The number of hydrogen-bond donors (Lipinski definition) is 2. The number of carbonyl (C=O) groups excluding carboxylic acids is 1. The van der Waals surface area contributed by atoms with Gasteiger partial charge in [0, 0.05) is 37.0 Å². The number of nitrogens with zero attached hydrogens (tertiary/aromatic N) is 2. The molecule has 7 heteroatoms. The molecule has 1 saturated heterocycles. The predicted molar refractivity (Wildman–Crippen MR) is 105 cm³/mol. The highest BCUT2D eigenvalue weighted by Gasteiger charge is 2.24. The molecule has 140 valence electrons. The van der Waals surface area contributed by atoms with Crippen LogP contribution in [0.1, 0.15) is 28.8 Å². The van der Waals surface area contributed by atoms with Crippen LogP contribution in [0.2, 0.25) is 5.02 Å². The van der Waals surface area contributed by atoms with Gasteiger partial charge in [-0.2, -0.15) is 0 Å². The topological polar surface area (TPSA) is 82.5 Å². The summed E-state index contributed by atoms with van der Waals surface area (Å²) in [5, 5.41) is 12.4. The minimum absolute atomic E-state index is 0.0554. The minimum atomic E-state index is -1.02. The molecule has 1 aromatic carbocycles. The number of amides is 1. The van der Waals surface area contributed by atoms with Gasteiger partial charge in [-0.15, -0.1) is 0 Å². The zero-order valence-corrected chi connectivity index (χ0v) is 15.4. The van der Waals surface area contributed by atoms with Crippen molar-refractivity contribution in [1.82, 2.24) is 9.88 Å². The molecule has 2 aromatic rings. The fraction of sp³-hybridized carbons (Fsp3) is 0.250. The van der Waals surface area contributed by atoms with Gasteiger partial charge in [0.25, 0.3) is 5.91 Å². The molecule has 0 unspecified atom stereocenters. The Kier molecular flexibility index (Phi) is 6.08. The Morgan fingerprint density at radius 2 is 1.93 bits per heavy atom.